The first kappa shape index (κ1) is 35.5. The van der Waals surface area contributed by atoms with Crippen molar-refractivity contribution >= 4 is 16.6 Å². The molecule has 1 aliphatic heterocycles. The summed E-state index contributed by atoms with van der Waals surface area (Å²) in [7, 11) is 2.42. The van der Waals surface area contributed by atoms with E-state index in [0.717, 1.165) is 53.6 Å². The van der Waals surface area contributed by atoms with Crippen LogP contribution >= 0.6 is 0 Å². The summed E-state index contributed by atoms with van der Waals surface area (Å²) in [6.07, 6.45) is 18.9. The Hall–Kier alpha value is -1.73. The second-order valence-corrected chi connectivity index (χ2v) is 14.3. The fourth-order valence-electron chi connectivity index (χ4n) is 6.80. The molecule has 1 spiro atoms. The Morgan fingerprint density at radius 3 is 2.22 bits per heavy atom. The molecule has 1 aromatic rings. The number of nitrogens with zero attached hydrogens (tertiary/aromatic N) is 3. The molecule has 1 N–H and O–H groups in total. The molecule has 1 heterocycles. The molecule has 4 aliphatic rings. The average Bonchev–Trinajstić information content (AvgIpc) is 3.51. The highest BCUT2D eigenvalue weighted by molar-refractivity contribution is 7.84. The second-order valence-electron chi connectivity index (χ2n) is 13.0. The number of fused-ring (bicyclic) bond motifs is 1. The molecule has 5 rings (SSSR count). The van der Waals surface area contributed by atoms with E-state index in [1.807, 2.05) is 19.0 Å². The van der Waals surface area contributed by atoms with Crippen molar-refractivity contribution in [2.24, 2.45) is 28.2 Å². The van der Waals surface area contributed by atoms with Gasteiger partial charge >= 0.3 is 0 Å². The molecular weight excluding hydrogens is 533 g/mol. The molecule has 3 atom stereocenters. The Morgan fingerprint density at radius 1 is 1.24 bits per heavy atom. The van der Waals surface area contributed by atoms with Crippen LogP contribution in [0.15, 0.2) is 40.9 Å². The van der Waals surface area contributed by atoms with Gasteiger partial charge < -0.3 is 14.9 Å². The largest absolute Gasteiger partial charge is 0.508 e. The highest BCUT2D eigenvalue weighted by Crippen LogP contribution is 2.58. The average molecular weight is 592 g/mol. The first-order valence-corrected chi connectivity index (χ1v) is 17.4. The third-order valence-electron chi connectivity index (χ3n) is 9.38. The molecule has 0 aromatic heterocycles. The molecule has 0 radical (unpaired) electrons. The van der Waals surface area contributed by atoms with Gasteiger partial charge in [0, 0.05) is 45.9 Å². The van der Waals surface area contributed by atoms with Gasteiger partial charge in [-0.05, 0) is 106 Å². The van der Waals surface area contributed by atoms with E-state index in [9.17, 15) is 8.60 Å². The Bertz CT molecular complexity index is 974. The predicted molar refractivity (Wildman–Crippen MR) is 173 cm³/mol. The zero-order valence-corrected chi connectivity index (χ0v) is 27.8. The molecule has 234 valence electrons. The lowest BCUT2D eigenvalue weighted by molar-refractivity contribution is -0.0161. The molecule has 0 bridgehead atoms. The van der Waals surface area contributed by atoms with Crippen LogP contribution in [-0.4, -0.2) is 64.4 Å². The maximum absolute atomic E-state index is 12.7. The third kappa shape index (κ3) is 11.1. The number of rotatable bonds is 6. The Kier molecular flexibility index (Phi) is 15.1. The van der Waals surface area contributed by atoms with Crippen LogP contribution in [0.1, 0.15) is 98.3 Å². The van der Waals surface area contributed by atoms with Crippen LogP contribution in [0.5, 0.6) is 5.75 Å². The van der Waals surface area contributed by atoms with Crippen molar-refractivity contribution in [2.45, 2.75) is 109 Å². The lowest BCUT2D eigenvalue weighted by Crippen LogP contribution is -2.41. The quantitative estimate of drug-likeness (QED) is 0.267. The van der Waals surface area contributed by atoms with Crippen LogP contribution in [0, 0.1) is 29.0 Å². The van der Waals surface area contributed by atoms with Crippen molar-refractivity contribution in [2.75, 3.05) is 33.4 Å². The van der Waals surface area contributed by atoms with Crippen LogP contribution in [-0.2, 0) is 10.8 Å². The lowest BCUT2D eigenvalue weighted by atomic mass is 9.52. The minimum Gasteiger partial charge on any atom is -0.508 e. The highest BCUT2D eigenvalue weighted by Gasteiger charge is 2.45. The normalized spacial score (nSPS) is 23.5. The maximum atomic E-state index is 12.7. The summed E-state index contributed by atoms with van der Waals surface area (Å²) in [4.78, 5) is 8.82. The zero-order valence-electron chi connectivity index (χ0n) is 27.0. The standard InChI is InChI=1S/C10H19N.C9H18N2.C8H14.C7H7FO2S/c1-8(2)11-6-9-4-3-5-10(9)7-11;1-5-7-8-9(10-3)11(4)6-2;1-7-5-8(6-7)3-2-4-8;1-11(10)7-4-5(9)2-3-6(7)8/h8-10H,3-7H2,1-2H3;6H,2,5,7-8H2,1,3-4H3;7H,2-6H2,1H3;2-4,9H,1H3/t9-,10+;;;. The van der Waals surface area contributed by atoms with Crippen LogP contribution < -0.4 is 0 Å². The van der Waals surface area contributed by atoms with Gasteiger partial charge in [-0.15, -0.1) is 0 Å². The molecule has 1 aromatic carbocycles. The van der Waals surface area contributed by atoms with E-state index >= 15 is 0 Å². The Balaban J connectivity index is 0.000000192. The molecule has 3 saturated carbocycles. The van der Waals surface area contributed by atoms with Gasteiger partial charge in [-0.1, -0.05) is 39.7 Å². The van der Waals surface area contributed by atoms with E-state index in [-0.39, 0.29) is 10.6 Å². The molecule has 4 fully saturated rings. The number of amidine groups is 1. The van der Waals surface area contributed by atoms with Crippen molar-refractivity contribution in [1.82, 2.24) is 9.80 Å². The molecule has 1 unspecified atom stereocenters. The fraction of sp³-hybridized carbons (Fsp3) is 0.735. The van der Waals surface area contributed by atoms with Crippen molar-refractivity contribution in [3.8, 4) is 5.75 Å². The van der Waals surface area contributed by atoms with E-state index in [1.54, 1.807) is 31.9 Å². The van der Waals surface area contributed by atoms with E-state index in [2.05, 4.69) is 44.2 Å². The predicted octanol–water partition coefficient (Wildman–Crippen LogP) is 8.26. The number of aliphatic imine (C=N–C) groups is 1. The van der Waals surface area contributed by atoms with Crippen LogP contribution in [0.4, 0.5) is 4.39 Å². The van der Waals surface area contributed by atoms with E-state index in [1.165, 1.54) is 63.9 Å². The summed E-state index contributed by atoms with van der Waals surface area (Å²) in [5.41, 5.74) is 0.916. The van der Waals surface area contributed by atoms with Crippen molar-refractivity contribution < 1.29 is 13.7 Å². The zero-order chi connectivity index (χ0) is 30.6. The van der Waals surface area contributed by atoms with Crippen molar-refractivity contribution in [1.29, 1.82) is 0 Å². The minimum atomic E-state index is -1.39. The first-order valence-electron chi connectivity index (χ1n) is 15.8. The second kappa shape index (κ2) is 17.4. The molecule has 0 amide bonds. The number of halogens is 1. The summed E-state index contributed by atoms with van der Waals surface area (Å²) in [6.45, 7) is 15.7. The molecule has 41 heavy (non-hydrogen) atoms. The number of phenols is 1. The van der Waals surface area contributed by atoms with E-state index < -0.39 is 16.6 Å². The summed E-state index contributed by atoms with van der Waals surface area (Å²) in [5, 5.41) is 8.89. The minimum absolute atomic E-state index is 0.0324. The van der Waals surface area contributed by atoms with Gasteiger partial charge in [0.25, 0.3) is 0 Å². The smallest absolute Gasteiger partial charge is 0.139 e. The summed E-state index contributed by atoms with van der Waals surface area (Å²) in [5.74, 6) is 3.69. The number of hydrogen-bond acceptors (Lipinski definition) is 4. The van der Waals surface area contributed by atoms with Gasteiger partial charge in [-0.25, -0.2) is 4.39 Å². The number of phenolic OH excluding ortho intramolecular Hbond substituents is 1. The summed E-state index contributed by atoms with van der Waals surface area (Å²) in [6, 6.07) is 4.24. The summed E-state index contributed by atoms with van der Waals surface area (Å²) >= 11 is 0. The SMILES string of the molecule is C=CN(C)C(CCCC)=NC.CC(C)N1C[C@H]2CCC[C@H]2C1.CC1CC2(CCC2)C1.CS(=O)c1cc(O)ccc1F. The molecule has 5 nitrogen and oxygen atoms in total. The summed E-state index contributed by atoms with van der Waals surface area (Å²) < 4.78 is 23.5. The molecule has 1 saturated heterocycles. The van der Waals surface area contributed by atoms with Crippen LogP contribution in [0.2, 0.25) is 0 Å². The van der Waals surface area contributed by atoms with Gasteiger partial charge in [0.1, 0.15) is 17.4 Å². The topological polar surface area (TPSA) is 56.1 Å². The van der Waals surface area contributed by atoms with Gasteiger partial charge in [-0.3, -0.25) is 9.20 Å². The molecule has 7 heteroatoms. The number of hydrogen-bond donors (Lipinski definition) is 1. The first-order chi connectivity index (χ1) is 19.4. The van der Waals surface area contributed by atoms with Crippen LogP contribution in [0.25, 0.3) is 0 Å². The van der Waals surface area contributed by atoms with Gasteiger partial charge in [0.2, 0.25) is 0 Å². The van der Waals surface area contributed by atoms with Gasteiger partial charge in [-0.2, -0.15) is 0 Å². The van der Waals surface area contributed by atoms with Crippen LogP contribution in [0.3, 0.4) is 0 Å². The number of likely N-dealkylation sites (tertiary alicyclic amines) is 1. The lowest BCUT2D eigenvalue weighted by Gasteiger charge is -2.53. The monoisotopic (exact) mass is 591 g/mol. The van der Waals surface area contributed by atoms with E-state index in [4.69, 9.17) is 5.11 Å². The Morgan fingerprint density at radius 2 is 1.85 bits per heavy atom. The van der Waals surface area contributed by atoms with Crippen molar-refractivity contribution in [3.63, 3.8) is 0 Å². The van der Waals surface area contributed by atoms with Gasteiger partial charge in [0.15, 0.2) is 0 Å². The van der Waals surface area contributed by atoms with E-state index in [0.29, 0.717) is 0 Å². The molecular formula is C34H58FN3O2S. The van der Waals surface area contributed by atoms with Gasteiger partial charge in [0.05, 0.1) is 15.7 Å². The fourth-order valence-corrected chi connectivity index (χ4v) is 7.42. The molecule has 3 aliphatic carbocycles. The maximum Gasteiger partial charge on any atom is 0.139 e. The number of unbranched alkanes of at least 4 members (excludes halogenated alkanes) is 1. The third-order valence-corrected chi connectivity index (χ3v) is 10.3. The Labute approximate surface area is 253 Å². The number of aromatic hydroxyl groups is 1. The highest BCUT2D eigenvalue weighted by atomic mass is 32.2. The number of benzene rings is 1. The van der Waals surface area contributed by atoms with Crippen molar-refractivity contribution in [3.05, 3.63) is 36.8 Å².